The summed E-state index contributed by atoms with van der Waals surface area (Å²) in [5.41, 5.74) is 7.01. The molecule has 2 unspecified atom stereocenters. The highest BCUT2D eigenvalue weighted by molar-refractivity contribution is 9.10. The highest BCUT2D eigenvalue weighted by atomic mass is 79.9. The molecule has 0 aliphatic carbocycles. The molecule has 0 aromatic carbocycles. The van der Waals surface area contributed by atoms with E-state index in [0.717, 1.165) is 17.6 Å². The Kier molecular flexibility index (Phi) is 3.82. The molecule has 2 rings (SSSR count). The van der Waals surface area contributed by atoms with Crippen molar-refractivity contribution in [2.75, 3.05) is 18.0 Å². The van der Waals surface area contributed by atoms with E-state index in [1.54, 1.807) is 0 Å². The third-order valence-corrected chi connectivity index (χ3v) is 3.98. The van der Waals surface area contributed by atoms with E-state index < -0.39 is 0 Å². The van der Waals surface area contributed by atoms with Gasteiger partial charge >= 0.3 is 0 Å². The Hall–Kier alpha value is -0.610. The van der Waals surface area contributed by atoms with Crippen molar-refractivity contribution < 1.29 is 0 Å². The van der Waals surface area contributed by atoms with Gasteiger partial charge in [-0.2, -0.15) is 0 Å². The third-order valence-electron chi connectivity index (χ3n) is 3.37. The smallest absolute Gasteiger partial charge is 0.0592 e. The summed E-state index contributed by atoms with van der Waals surface area (Å²) < 4.78 is 1.07. The molecule has 0 saturated carbocycles. The highest BCUT2D eigenvalue weighted by Crippen LogP contribution is 2.31. The maximum Gasteiger partial charge on any atom is 0.0592 e. The van der Waals surface area contributed by atoms with Crippen molar-refractivity contribution in [3.63, 3.8) is 0 Å². The lowest BCUT2D eigenvalue weighted by Gasteiger charge is -2.39. The molecular formula is C12H18BrN3. The van der Waals surface area contributed by atoms with Crippen LogP contribution in [-0.4, -0.2) is 24.1 Å². The van der Waals surface area contributed by atoms with Crippen LogP contribution in [0.2, 0.25) is 0 Å². The molecule has 2 N–H and O–H groups in total. The van der Waals surface area contributed by atoms with Crippen LogP contribution in [0.5, 0.6) is 0 Å². The normalized spacial score (nSPS) is 25.8. The van der Waals surface area contributed by atoms with Gasteiger partial charge in [-0.1, -0.05) is 0 Å². The number of hydrogen-bond acceptors (Lipinski definition) is 3. The Balaban J connectivity index is 2.21. The maximum absolute atomic E-state index is 5.78. The number of piperidine rings is 1. The maximum atomic E-state index is 5.78. The zero-order chi connectivity index (χ0) is 11.5. The summed E-state index contributed by atoms with van der Waals surface area (Å²) in [6.45, 7) is 4.12. The van der Waals surface area contributed by atoms with Crippen molar-refractivity contribution in [2.24, 2.45) is 11.7 Å². The van der Waals surface area contributed by atoms with Crippen molar-refractivity contribution in [1.29, 1.82) is 0 Å². The molecule has 4 heteroatoms. The average Bonchev–Trinajstić information content (AvgIpc) is 2.31. The summed E-state index contributed by atoms with van der Waals surface area (Å²) >= 11 is 3.57. The fraction of sp³-hybridized carbons (Fsp3) is 0.583. The molecule has 0 bridgehead atoms. The summed E-state index contributed by atoms with van der Waals surface area (Å²) in [5.74, 6) is 0.622. The average molecular weight is 284 g/mol. The van der Waals surface area contributed by atoms with Crippen LogP contribution in [0.4, 0.5) is 5.69 Å². The zero-order valence-electron chi connectivity index (χ0n) is 9.56. The van der Waals surface area contributed by atoms with Crippen molar-refractivity contribution >= 4 is 21.6 Å². The third kappa shape index (κ3) is 2.38. The molecule has 88 valence electrons. The Morgan fingerprint density at radius 3 is 3.06 bits per heavy atom. The minimum atomic E-state index is 0.585. The zero-order valence-corrected chi connectivity index (χ0v) is 11.2. The standard InChI is InChI=1S/C12H18BrN3/c1-9-2-3-10(6-14)8-16(9)12-4-5-15-7-11(12)13/h4-5,7,9-10H,2-3,6,8,14H2,1H3. The first-order valence-corrected chi connectivity index (χ1v) is 6.58. The number of anilines is 1. The van der Waals surface area contributed by atoms with Crippen molar-refractivity contribution in [2.45, 2.75) is 25.8 Å². The monoisotopic (exact) mass is 283 g/mol. The second kappa shape index (κ2) is 5.15. The molecule has 2 atom stereocenters. The highest BCUT2D eigenvalue weighted by Gasteiger charge is 2.25. The van der Waals surface area contributed by atoms with E-state index in [-0.39, 0.29) is 0 Å². The van der Waals surface area contributed by atoms with Crippen LogP contribution in [0.1, 0.15) is 19.8 Å². The number of hydrogen-bond donors (Lipinski definition) is 1. The number of halogens is 1. The van der Waals surface area contributed by atoms with Gasteiger partial charge in [0.05, 0.1) is 10.2 Å². The van der Waals surface area contributed by atoms with Gasteiger partial charge in [0.2, 0.25) is 0 Å². The van der Waals surface area contributed by atoms with E-state index in [0.29, 0.717) is 12.0 Å². The van der Waals surface area contributed by atoms with Crippen LogP contribution >= 0.6 is 15.9 Å². The van der Waals surface area contributed by atoms with E-state index in [9.17, 15) is 0 Å². The molecule has 1 fully saturated rings. The Morgan fingerprint density at radius 2 is 2.38 bits per heavy atom. The van der Waals surface area contributed by atoms with Crippen LogP contribution in [0, 0.1) is 5.92 Å². The quantitative estimate of drug-likeness (QED) is 0.906. The molecule has 0 radical (unpaired) electrons. The van der Waals surface area contributed by atoms with Gasteiger partial charge in [0.1, 0.15) is 0 Å². The van der Waals surface area contributed by atoms with E-state index in [4.69, 9.17) is 5.73 Å². The summed E-state index contributed by atoms with van der Waals surface area (Å²) in [6.07, 6.45) is 6.17. The topological polar surface area (TPSA) is 42.1 Å². The first-order valence-electron chi connectivity index (χ1n) is 5.78. The van der Waals surface area contributed by atoms with Crippen LogP contribution in [0.3, 0.4) is 0 Å². The molecule has 1 aromatic rings. The molecule has 0 amide bonds. The summed E-state index contributed by atoms with van der Waals surface area (Å²) in [4.78, 5) is 6.54. The molecule has 16 heavy (non-hydrogen) atoms. The van der Waals surface area contributed by atoms with E-state index in [2.05, 4.69) is 38.8 Å². The van der Waals surface area contributed by atoms with Crippen LogP contribution in [-0.2, 0) is 0 Å². The molecule has 1 aromatic heterocycles. The Labute approximate surface area is 105 Å². The first kappa shape index (κ1) is 11.9. The van der Waals surface area contributed by atoms with Gasteiger partial charge in [-0.15, -0.1) is 0 Å². The fourth-order valence-corrected chi connectivity index (χ4v) is 2.79. The predicted octanol–water partition coefficient (Wildman–Crippen LogP) is 2.41. The summed E-state index contributed by atoms with van der Waals surface area (Å²) in [5, 5.41) is 0. The molecule has 2 heterocycles. The van der Waals surface area contributed by atoms with E-state index in [1.165, 1.54) is 18.5 Å². The molecular weight excluding hydrogens is 266 g/mol. The van der Waals surface area contributed by atoms with E-state index in [1.807, 2.05) is 12.4 Å². The van der Waals surface area contributed by atoms with Crippen LogP contribution in [0.25, 0.3) is 0 Å². The summed E-state index contributed by atoms with van der Waals surface area (Å²) in [6, 6.07) is 2.65. The Bertz CT molecular complexity index is 356. The second-order valence-electron chi connectivity index (χ2n) is 4.51. The SMILES string of the molecule is CC1CCC(CN)CN1c1ccncc1Br. The number of aromatic nitrogens is 1. The number of rotatable bonds is 2. The fourth-order valence-electron chi connectivity index (χ4n) is 2.31. The second-order valence-corrected chi connectivity index (χ2v) is 5.36. The van der Waals surface area contributed by atoms with Crippen molar-refractivity contribution in [1.82, 2.24) is 4.98 Å². The van der Waals surface area contributed by atoms with Gasteiger partial charge in [-0.3, -0.25) is 4.98 Å². The van der Waals surface area contributed by atoms with Crippen LogP contribution < -0.4 is 10.6 Å². The van der Waals surface area contributed by atoms with Crippen LogP contribution in [0.15, 0.2) is 22.9 Å². The summed E-state index contributed by atoms with van der Waals surface area (Å²) in [7, 11) is 0. The van der Waals surface area contributed by atoms with E-state index >= 15 is 0 Å². The van der Waals surface area contributed by atoms with Gasteiger partial charge < -0.3 is 10.6 Å². The number of nitrogens with zero attached hydrogens (tertiary/aromatic N) is 2. The Morgan fingerprint density at radius 1 is 1.56 bits per heavy atom. The molecule has 1 saturated heterocycles. The first-order chi connectivity index (χ1) is 7.72. The molecule has 1 aliphatic heterocycles. The lowest BCUT2D eigenvalue weighted by atomic mass is 9.93. The van der Waals surface area contributed by atoms with Gasteiger partial charge in [0.15, 0.2) is 0 Å². The van der Waals surface area contributed by atoms with Gasteiger partial charge in [0.25, 0.3) is 0 Å². The van der Waals surface area contributed by atoms with Gasteiger partial charge in [0, 0.05) is 25.0 Å². The number of nitrogens with two attached hydrogens (primary N) is 1. The molecule has 0 spiro atoms. The van der Waals surface area contributed by atoms with Crippen molar-refractivity contribution in [3.05, 3.63) is 22.9 Å². The van der Waals surface area contributed by atoms with Gasteiger partial charge in [-0.05, 0) is 54.2 Å². The minimum absolute atomic E-state index is 0.585. The lowest BCUT2D eigenvalue weighted by molar-refractivity contribution is 0.373. The molecule has 1 aliphatic rings. The van der Waals surface area contributed by atoms with Gasteiger partial charge in [-0.25, -0.2) is 0 Å². The number of pyridine rings is 1. The predicted molar refractivity (Wildman–Crippen MR) is 70.5 cm³/mol. The largest absolute Gasteiger partial charge is 0.367 e. The minimum Gasteiger partial charge on any atom is -0.367 e. The molecule has 3 nitrogen and oxygen atoms in total. The lowest BCUT2D eigenvalue weighted by Crippen LogP contribution is -2.44. The van der Waals surface area contributed by atoms with Crippen molar-refractivity contribution in [3.8, 4) is 0 Å².